The summed E-state index contributed by atoms with van der Waals surface area (Å²) in [7, 11) is 0. The van der Waals surface area contributed by atoms with Gasteiger partial charge < -0.3 is 14.7 Å². The van der Waals surface area contributed by atoms with Gasteiger partial charge in [-0.25, -0.2) is 0 Å². The highest BCUT2D eigenvalue weighted by atomic mass is 35.5. The van der Waals surface area contributed by atoms with Crippen LogP contribution in [0.5, 0.6) is 11.5 Å². The monoisotopic (exact) mass is 421 g/mol. The van der Waals surface area contributed by atoms with E-state index in [-0.39, 0.29) is 17.6 Å². The summed E-state index contributed by atoms with van der Waals surface area (Å²) in [6, 6.07) is 11.1. The van der Waals surface area contributed by atoms with Crippen molar-refractivity contribution in [2.45, 2.75) is 37.7 Å². The standard InChI is InChI=1S/C25H24ClNO3/c1-2-16-6-7-17(14-22(16)28)24(29)27-12-10-25(11-13-27)21-5-3-4-19(21)20-9-8-18(26)15-23(20)30-25/h3-9,14-15,19,28H,2,10-13H2,1H3. The zero-order chi connectivity index (χ0) is 20.9. The summed E-state index contributed by atoms with van der Waals surface area (Å²) >= 11 is 6.23. The first-order valence-electron chi connectivity index (χ1n) is 10.5. The van der Waals surface area contributed by atoms with Crippen LogP contribution in [-0.2, 0) is 6.42 Å². The smallest absolute Gasteiger partial charge is 0.253 e. The van der Waals surface area contributed by atoms with E-state index in [1.54, 1.807) is 12.1 Å². The van der Waals surface area contributed by atoms with Crippen LogP contribution < -0.4 is 4.74 Å². The van der Waals surface area contributed by atoms with Crippen LogP contribution in [0.1, 0.15) is 47.2 Å². The first-order chi connectivity index (χ1) is 14.5. The Morgan fingerprint density at radius 1 is 1.23 bits per heavy atom. The van der Waals surface area contributed by atoms with Crippen LogP contribution in [0.25, 0.3) is 0 Å². The molecule has 3 aliphatic rings. The predicted octanol–water partition coefficient (Wildman–Crippen LogP) is 5.26. The third-order valence-electron chi connectivity index (χ3n) is 6.63. The zero-order valence-electron chi connectivity index (χ0n) is 16.9. The van der Waals surface area contributed by atoms with Crippen LogP contribution in [0.4, 0.5) is 0 Å². The van der Waals surface area contributed by atoms with Gasteiger partial charge in [0.25, 0.3) is 5.91 Å². The number of nitrogens with zero attached hydrogens (tertiary/aromatic N) is 1. The van der Waals surface area contributed by atoms with Crippen molar-refractivity contribution in [3.8, 4) is 11.5 Å². The van der Waals surface area contributed by atoms with Crippen molar-refractivity contribution < 1.29 is 14.6 Å². The summed E-state index contributed by atoms with van der Waals surface area (Å²) in [5, 5.41) is 10.8. The molecule has 0 aromatic heterocycles. The van der Waals surface area contributed by atoms with E-state index in [1.165, 1.54) is 5.57 Å². The molecule has 0 saturated carbocycles. The van der Waals surface area contributed by atoms with Crippen LogP contribution in [0, 0.1) is 0 Å². The third-order valence-corrected chi connectivity index (χ3v) is 6.86. The van der Waals surface area contributed by atoms with Crippen molar-refractivity contribution >= 4 is 17.5 Å². The normalized spacial score (nSPS) is 21.1. The minimum Gasteiger partial charge on any atom is -0.508 e. The molecular formula is C25H24ClNO3. The molecule has 2 aliphatic heterocycles. The number of amides is 1. The lowest BCUT2D eigenvalue weighted by atomic mass is 9.74. The van der Waals surface area contributed by atoms with Crippen molar-refractivity contribution in [3.05, 3.63) is 81.9 Å². The largest absolute Gasteiger partial charge is 0.508 e. The van der Waals surface area contributed by atoms with Gasteiger partial charge in [0.15, 0.2) is 0 Å². The molecule has 1 saturated heterocycles. The summed E-state index contributed by atoms with van der Waals surface area (Å²) in [5.41, 5.74) is 3.40. The Morgan fingerprint density at radius 2 is 2.03 bits per heavy atom. The van der Waals surface area contributed by atoms with E-state index in [4.69, 9.17) is 16.3 Å². The molecule has 1 unspecified atom stereocenters. The number of halogens is 1. The van der Waals surface area contributed by atoms with Crippen molar-refractivity contribution in [3.63, 3.8) is 0 Å². The molecule has 4 nitrogen and oxygen atoms in total. The summed E-state index contributed by atoms with van der Waals surface area (Å²) in [6.45, 7) is 3.19. The fraction of sp³-hybridized carbons (Fsp3) is 0.320. The Labute approximate surface area is 181 Å². The number of allylic oxidation sites excluding steroid dienone is 3. The van der Waals surface area contributed by atoms with Gasteiger partial charge >= 0.3 is 0 Å². The summed E-state index contributed by atoms with van der Waals surface area (Å²) in [6.07, 6.45) is 8.68. The van der Waals surface area contributed by atoms with E-state index in [0.29, 0.717) is 23.7 Å². The average molecular weight is 422 g/mol. The van der Waals surface area contributed by atoms with Crippen LogP contribution in [0.3, 0.4) is 0 Å². The maximum Gasteiger partial charge on any atom is 0.253 e. The van der Waals surface area contributed by atoms with Crippen molar-refractivity contribution in [2.75, 3.05) is 13.1 Å². The number of rotatable bonds is 2. The van der Waals surface area contributed by atoms with Crippen LogP contribution in [0.2, 0.25) is 5.02 Å². The van der Waals surface area contributed by atoms with Gasteiger partial charge in [0.2, 0.25) is 0 Å². The maximum absolute atomic E-state index is 13.0. The van der Waals surface area contributed by atoms with E-state index in [0.717, 1.165) is 36.1 Å². The number of hydrogen-bond donors (Lipinski definition) is 1. The Kier molecular flexibility index (Phi) is 4.62. The highest BCUT2D eigenvalue weighted by molar-refractivity contribution is 6.30. The molecule has 1 spiro atoms. The van der Waals surface area contributed by atoms with E-state index < -0.39 is 5.60 Å². The van der Waals surface area contributed by atoms with Gasteiger partial charge in [-0.05, 0) is 41.8 Å². The fourth-order valence-electron chi connectivity index (χ4n) is 4.95. The molecule has 2 aromatic carbocycles. The maximum atomic E-state index is 13.0. The van der Waals surface area contributed by atoms with Gasteiger partial charge in [-0.3, -0.25) is 4.79 Å². The number of aryl methyl sites for hydroxylation is 1. The molecule has 1 atom stereocenters. The first kappa shape index (κ1) is 19.3. The number of phenols is 1. The molecule has 0 bridgehead atoms. The molecule has 2 heterocycles. The third kappa shape index (κ3) is 3.02. The molecule has 0 radical (unpaired) electrons. The summed E-state index contributed by atoms with van der Waals surface area (Å²) < 4.78 is 6.57. The molecular weight excluding hydrogens is 398 g/mol. The second-order valence-corrected chi connectivity index (χ2v) is 8.69. The minimum absolute atomic E-state index is 0.0443. The van der Waals surface area contributed by atoms with Gasteiger partial charge in [0.05, 0.1) is 0 Å². The Morgan fingerprint density at radius 3 is 2.77 bits per heavy atom. The van der Waals surface area contributed by atoms with Crippen molar-refractivity contribution in [1.29, 1.82) is 0 Å². The van der Waals surface area contributed by atoms with Gasteiger partial charge in [0.1, 0.15) is 17.1 Å². The number of benzene rings is 2. The number of phenolic OH excluding ortho intramolecular Hbond substituents is 1. The Balaban J connectivity index is 1.37. The highest BCUT2D eigenvalue weighted by Gasteiger charge is 2.48. The summed E-state index contributed by atoms with van der Waals surface area (Å²) in [5.74, 6) is 1.20. The molecule has 1 aliphatic carbocycles. The Bertz CT molecular complexity index is 1080. The van der Waals surface area contributed by atoms with Gasteiger partial charge in [-0.2, -0.15) is 0 Å². The number of carbonyl (C=O) groups is 1. The van der Waals surface area contributed by atoms with Crippen LogP contribution in [-0.4, -0.2) is 34.6 Å². The summed E-state index contributed by atoms with van der Waals surface area (Å²) in [4.78, 5) is 14.9. The fourth-order valence-corrected chi connectivity index (χ4v) is 5.11. The quantitative estimate of drug-likeness (QED) is 0.719. The molecule has 5 rings (SSSR count). The second-order valence-electron chi connectivity index (χ2n) is 8.25. The second kappa shape index (κ2) is 7.21. The van der Waals surface area contributed by atoms with Crippen LogP contribution in [0.15, 0.2) is 60.2 Å². The number of piperidine rings is 1. The lowest BCUT2D eigenvalue weighted by Gasteiger charge is -2.47. The number of likely N-dealkylation sites (tertiary alicyclic amines) is 1. The van der Waals surface area contributed by atoms with E-state index >= 15 is 0 Å². The minimum atomic E-state index is -0.406. The van der Waals surface area contributed by atoms with E-state index in [2.05, 4.69) is 18.2 Å². The van der Waals surface area contributed by atoms with Crippen LogP contribution >= 0.6 is 11.6 Å². The predicted molar refractivity (Wildman–Crippen MR) is 117 cm³/mol. The zero-order valence-corrected chi connectivity index (χ0v) is 17.7. The SMILES string of the molecule is CCc1ccc(C(=O)N2CCC3(CC2)Oc2cc(Cl)ccc2C2C=CC=C23)cc1O. The molecule has 30 heavy (non-hydrogen) atoms. The topological polar surface area (TPSA) is 49.8 Å². The lowest BCUT2D eigenvalue weighted by molar-refractivity contribution is 0.0197. The average Bonchev–Trinajstić information content (AvgIpc) is 3.25. The number of fused-ring (bicyclic) bond motifs is 4. The molecule has 154 valence electrons. The van der Waals surface area contributed by atoms with Gasteiger partial charge in [0, 0.05) is 48.0 Å². The molecule has 1 fully saturated rings. The molecule has 5 heteroatoms. The van der Waals surface area contributed by atoms with Gasteiger partial charge in [-0.1, -0.05) is 48.9 Å². The number of carbonyl (C=O) groups excluding carboxylic acids is 1. The molecule has 1 amide bonds. The molecule has 2 aromatic rings. The number of hydrogen-bond acceptors (Lipinski definition) is 3. The lowest BCUT2D eigenvalue weighted by Crippen LogP contribution is -2.52. The molecule has 1 N–H and O–H groups in total. The van der Waals surface area contributed by atoms with Crippen molar-refractivity contribution in [1.82, 2.24) is 4.90 Å². The highest BCUT2D eigenvalue weighted by Crippen LogP contribution is 2.51. The number of aromatic hydroxyl groups is 1. The van der Waals surface area contributed by atoms with E-state index in [1.807, 2.05) is 36.1 Å². The Hall–Kier alpha value is -2.72. The van der Waals surface area contributed by atoms with E-state index in [9.17, 15) is 9.90 Å². The van der Waals surface area contributed by atoms with Gasteiger partial charge in [-0.15, -0.1) is 0 Å². The first-order valence-corrected chi connectivity index (χ1v) is 10.9. The van der Waals surface area contributed by atoms with Crippen molar-refractivity contribution in [2.24, 2.45) is 0 Å². The number of ether oxygens (including phenoxy) is 1.